The van der Waals surface area contributed by atoms with E-state index in [1.807, 2.05) is 37.5 Å². The third kappa shape index (κ3) is 3.95. The van der Waals surface area contributed by atoms with Crippen LogP contribution in [0.5, 0.6) is 5.88 Å². The number of aromatic nitrogens is 4. The van der Waals surface area contributed by atoms with Gasteiger partial charge in [-0.3, -0.25) is 0 Å². The minimum atomic E-state index is -0.492. The van der Waals surface area contributed by atoms with Crippen LogP contribution in [0.2, 0.25) is 0 Å². The van der Waals surface area contributed by atoms with Gasteiger partial charge in [0, 0.05) is 44.1 Å². The molecule has 1 saturated carbocycles. The summed E-state index contributed by atoms with van der Waals surface area (Å²) in [5.74, 6) is 1.48. The predicted molar refractivity (Wildman–Crippen MR) is 119 cm³/mol. The van der Waals surface area contributed by atoms with E-state index < -0.39 is 5.60 Å². The molecule has 33 heavy (non-hydrogen) atoms. The van der Waals surface area contributed by atoms with Gasteiger partial charge in [-0.05, 0) is 38.0 Å². The van der Waals surface area contributed by atoms with E-state index in [0.717, 1.165) is 35.4 Å². The van der Waals surface area contributed by atoms with E-state index in [0.29, 0.717) is 45.3 Å². The van der Waals surface area contributed by atoms with Gasteiger partial charge in [-0.25, -0.2) is 19.3 Å². The lowest BCUT2D eigenvalue weighted by Gasteiger charge is -2.40. The topological polar surface area (TPSA) is 94.3 Å². The van der Waals surface area contributed by atoms with Gasteiger partial charge >= 0.3 is 6.09 Å². The van der Waals surface area contributed by atoms with Crippen LogP contribution in [-0.4, -0.2) is 81.7 Å². The number of carbonyl (C=O) groups excluding carboxylic acids is 1. The second-order valence-electron chi connectivity index (χ2n) is 9.07. The van der Waals surface area contributed by atoms with Gasteiger partial charge in [0.15, 0.2) is 11.2 Å². The Morgan fingerprint density at radius 3 is 2.70 bits per heavy atom. The molecule has 3 aromatic rings. The molecule has 0 N–H and O–H groups in total. The summed E-state index contributed by atoms with van der Waals surface area (Å²) in [4.78, 5) is 25.8. The molecular weight excluding hydrogens is 424 g/mol. The average molecular weight is 450 g/mol. The van der Waals surface area contributed by atoms with Gasteiger partial charge < -0.3 is 24.0 Å². The maximum absolute atomic E-state index is 12.5. The number of rotatable bonds is 5. The number of nitrogens with zero attached hydrogens (tertiary/aromatic N) is 6. The van der Waals surface area contributed by atoms with Gasteiger partial charge in [0.25, 0.3) is 0 Å². The Labute approximate surface area is 191 Å². The summed E-state index contributed by atoms with van der Waals surface area (Å²) in [6.07, 6.45) is 7.58. The standard InChI is InChI=1S/C23H26N6O4/c1-23(14-31-15-23)33-22(30)28-11-9-27(10-12-28)19-6-8-29-20(26-19)18(13-25-29)17-3-2-7-24-21(17)32-16-4-5-16/h2-3,6-8,13,16H,4-5,9-12,14-15H2,1H3. The van der Waals surface area contributed by atoms with Crippen LogP contribution < -0.4 is 9.64 Å². The van der Waals surface area contributed by atoms with Gasteiger partial charge in [0.1, 0.15) is 11.9 Å². The zero-order chi connectivity index (χ0) is 22.4. The summed E-state index contributed by atoms with van der Waals surface area (Å²) >= 11 is 0. The van der Waals surface area contributed by atoms with Crippen LogP contribution in [-0.2, 0) is 9.47 Å². The van der Waals surface area contributed by atoms with Crippen LogP contribution in [0.25, 0.3) is 16.8 Å². The van der Waals surface area contributed by atoms with Crippen molar-refractivity contribution in [2.75, 3.05) is 44.3 Å². The maximum atomic E-state index is 12.5. The molecule has 3 fully saturated rings. The van der Waals surface area contributed by atoms with Crippen molar-refractivity contribution in [1.82, 2.24) is 24.5 Å². The zero-order valence-corrected chi connectivity index (χ0v) is 18.5. The first-order valence-electron chi connectivity index (χ1n) is 11.4. The fraction of sp³-hybridized carbons (Fsp3) is 0.478. The van der Waals surface area contributed by atoms with E-state index >= 15 is 0 Å². The van der Waals surface area contributed by atoms with E-state index in [9.17, 15) is 4.79 Å². The van der Waals surface area contributed by atoms with Crippen molar-refractivity contribution in [1.29, 1.82) is 0 Å². The summed E-state index contributed by atoms with van der Waals surface area (Å²) in [7, 11) is 0. The Hall–Kier alpha value is -3.40. The minimum absolute atomic E-state index is 0.256. The van der Waals surface area contributed by atoms with E-state index in [1.165, 1.54) is 0 Å². The molecule has 172 valence electrons. The Kier molecular flexibility index (Phi) is 4.83. The predicted octanol–water partition coefficient (Wildman–Crippen LogP) is 2.38. The molecule has 6 rings (SSSR count). The van der Waals surface area contributed by atoms with Crippen LogP contribution in [0.4, 0.5) is 10.6 Å². The number of hydrogen-bond acceptors (Lipinski definition) is 8. The number of fused-ring (bicyclic) bond motifs is 1. The van der Waals surface area contributed by atoms with Crippen molar-refractivity contribution < 1.29 is 19.0 Å². The Morgan fingerprint density at radius 2 is 1.97 bits per heavy atom. The summed E-state index contributed by atoms with van der Waals surface area (Å²) in [6, 6.07) is 5.85. The number of ether oxygens (including phenoxy) is 3. The van der Waals surface area contributed by atoms with E-state index in [2.05, 4.69) is 15.0 Å². The van der Waals surface area contributed by atoms with Crippen LogP contribution in [0.1, 0.15) is 19.8 Å². The van der Waals surface area contributed by atoms with Crippen molar-refractivity contribution >= 4 is 17.6 Å². The van der Waals surface area contributed by atoms with Gasteiger partial charge in [-0.1, -0.05) is 0 Å². The second kappa shape index (κ2) is 7.87. The molecule has 3 aliphatic rings. The third-order valence-corrected chi connectivity index (χ3v) is 6.23. The fourth-order valence-electron chi connectivity index (χ4n) is 4.10. The SMILES string of the molecule is CC1(OC(=O)N2CCN(c3ccn4ncc(-c5cccnc5OC5CC5)c4n3)CC2)COC1. The molecule has 0 unspecified atom stereocenters. The van der Waals surface area contributed by atoms with E-state index in [4.69, 9.17) is 19.2 Å². The Bertz CT molecular complexity index is 1180. The molecule has 0 bridgehead atoms. The molecule has 3 aromatic heterocycles. The van der Waals surface area contributed by atoms with Gasteiger partial charge in [-0.2, -0.15) is 5.10 Å². The number of amides is 1. The van der Waals surface area contributed by atoms with Gasteiger partial charge in [-0.15, -0.1) is 0 Å². The second-order valence-corrected chi connectivity index (χ2v) is 9.07. The highest BCUT2D eigenvalue weighted by atomic mass is 16.6. The third-order valence-electron chi connectivity index (χ3n) is 6.23. The Balaban J connectivity index is 1.20. The first kappa shape index (κ1) is 20.2. The van der Waals surface area contributed by atoms with Crippen molar-refractivity contribution in [2.24, 2.45) is 0 Å². The highest BCUT2D eigenvalue weighted by Gasteiger charge is 2.39. The van der Waals surface area contributed by atoms with Gasteiger partial charge in [0.05, 0.1) is 25.0 Å². The molecule has 10 nitrogen and oxygen atoms in total. The monoisotopic (exact) mass is 450 g/mol. The maximum Gasteiger partial charge on any atom is 0.410 e. The summed E-state index contributed by atoms with van der Waals surface area (Å²) in [5, 5.41) is 4.47. The lowest BCUT2D eigenvalue weighted by molar-refractivity contribution is -0.172. The van der Waals surface area contributed by atoms with E-state index in [1.54, 1.807) is 15.6 Å². The van der Waals surface area contributed by atoms with Gasteiger partial charge in [0.2, 0.25) is 5.88 Å². The molecule has 0 radical (unpaired) electrons. The molecule has 0 aromatic carbocycles. The van der Waals surface area contributed by atoms with Crippen molar-refractivity contribution in [3.05, 3.63) is 36.8 Å². The first-order valence-corrected chi connectivity index (χ1v) is 11.4. The lowest BCUT2D eigenvalue weighted by Crippen LogP contribution is -2.55. The van der Waals surface area contributed by atoms with Crippen molar-refractivity contribution in [3.63, 3.8) is 0 Å². The number of anilines is 1. The smallest absolute Gasteiger partial charge is 0.410 e. The molecule has 0 spiro atoms. The molecular formula is C23H26N6O4. The fourth-order valence-corrected chi connectivity index (χ4v) is 4.10. The van der Waals surface area contributed by atoms with Crippen LogP contribution in [0, 0.1) is 0 Å². The van der Waals surface area contributed by atoms with Crippen molar-refractivity contribution in [3.8, 4) is 17.0 Å². The molecule has 5 heterocycles. The molecule has 2 saturated heterocycles. The quantitative estimate of drug-likeness (QED) is 0.585. The molecule has 2 aliphatic heterocycles. The summed E-state index contributed by atoms with van der Waals surface area (Å²) in [5.41, 5.74) is 2.04. The number of pyridine rings is 1. The largest absolute Gasteiger partial charge is 0.474 e. The molecule has 10 heteroatoms. The minimum Gasteiger partial charge on any atom is -0.474 e. The van der Waals surface area contributed by atoms with Crippen LogP contribution >= 0.6 is 0 Å². The van der Waals surface area contributed by atoms with Crippen LogP contribution in [0.3, 0.4) is 0 Å². The highest BCUT2D eigenvalue weighted by Crippen LogP contribution is 2.35. The molecule has 1 amide bonds. The van der Waals surface area contributed by atoms with Crippen LogP contribution in [0.15, 0.2) is 36.8 Å². The van der Waals surface area contributed by atoms with Crippen molar-refractivity contribution in [2.45, 2.75) is 31.5 Å². The van der Waals surface area contributed by atoms with E-state index in [-0.39, 0.29) is 12.2 Å². The normalized spacial score (nSPS) is 19.9. The first-order chi connectivity index (χ1) is 16.1. The summed E-state index contributed by atoms with van der Waals surface area (Å²) < 4.78 is 18.6. The number of carbonyl (C=O) groups is 1. The zero-order valence-electron chi connectivity index (χ0n) is 18.5. The number of piperazine rings is 1. The Morgan fingerprint density at radius 1 is 1.15 bits per heavy atom. The number of hydrogen-bond donors (Lipinski definition) is 0. The summed E-state index contributed by atoms with van der Waals surface area (Å²) in [6.45, 7) is 5.33. The lowest BCUT2D eigenvalue weighted by atomic mass is 10.1. The molecule has 1 aliphatic carbocycles. The highest BCUT2D eigenvalue weighted by molar-refractivity contribution is 5.80. The average Bonchev–Trinajstić information content (AvgIpc) is 3.54. The molecule has 0 atom stereocenters.